The lowest BCUT2D eigenvalue weighted by Crippen LogP contribution is -2.42. The number of carbonyl (C=O) groups excluding carboxylic acids is 1. The molecule has 1 amide bonds. The van der Waals surface area contributed by atoms with Gasteiger partial charge in [-0.05, 0) is 49.4 Å². The van der Waals surface area contributed by atoms with Crippen LogP contribution in [0.15, 0.2) is 65.8 Å². The summed E-state index contributed by atoms with van der Waals surface area (Å²) in [4.78, 5) is 15.1. The maximum Gasteiger partial charge on any atom is 0.257 e. The normalized spacial score (nSPS) is 20.9. The highest BCUT2D eigenvalue weighted by molar-refractivity contribution is 5.81. The second-order valence-electron chi connectivity index (χ2n) is 7.61. The summed E-state index contributed by atoms with van der Waals surface area (Å²) in [5.41, 5.74) is 2.58. The van der Waals surface area contributed by atoms with Gasteiger partial charge in [0.2, 0.25) is 0 Å². The number of likely N-dealkylation sites (tertiary alicyclic amines) is 1. The van der Waals surface area contributed by atoms with Gasteiger partial charge < -0.3 is 0 Å². The highest BCUT2D eigenvalue weighted by Crippen LogP contribution is 2.28. The summed E-state index contributed by atoms with van der Waals surface area (Å²) in [6, 6.07) is 21.0. The molecule has 2 aromatic rings. The molecule has 4 nitrogen and oxygen atoms in total. The van der Waals surface area contributed by atoms with Crippen molar-refractivity contribution in [2.75, 3.05) is 19.6 Å². The van der Waals surface area contributed by atoms with Crippen LogP contribution >= 0.6 is 0 Å². The molecule has 1 atom stereocenters. The standard InChI is InChI=1S/C23H27N3O/c27-23(26-22(11-14-24-26)21-9-5-2-6-10-21)18-25-15-12-20(13-16-25)17-19-7-3-1-4-8-19/h1-10,14,20,22H,11-13,15-18H2. The first kappa shape index (κ1) is 17.9. The van der Waals surface area contributed by atoms with Gasteiger partial charge in [-0.15, -0.1) is 0 Å². The summed E-state index contributed by atoms with van der Waals surface area (Å²) < 4.78 is 0. The van der Waals surface area contributed by atoms with E-state index in [1.165, 1.54) is 5.56 Å². The van der Waals surface area contributed by atoms with Crippen LogP contribution in [-0.2, 0) is 11.2 Å². The fourth-order valence-electron chi connectivity index (χ4n) is 4.17. The molecule has 2 aliphatic heterocycles. The lowest BCUT2D eigenvalue weighted by atomic mass is 9.90. The third-order valence-corrected chi connectivity index (χ3v) is 5.70. The van der Waals surface area contributed by atoms with Crippen LogP contribution < -0.4 is 0 Å². The van der Waals surface area contributed by atoms with E-state index < -0.39 is 0 Å². The topological polar surface area (TPSA) is 35.9 Å². The lowest BCUT2D eigenvalue weighted by Gasteiger charge is -2.33. The molecular weight excluding hydrogens is 334 g/mol. The second kappa shape index (κ2) is 8.49. The van der Waals surface area contributed by atoms with Crippen molar-refractivity contribution in [2.45, 2.75) is 31.7 Å². The number of carbonyl (C=O) groups is 1. The minimum Gasteiger partial charge on any atom is -0.294 e. The second-order valence-corrected chi connectivity index (χ2v) is 7.61. The Kier molecular flexibility index (Phi) is 5.64. The number of amides is 1. The van der Waals surface area contributed by atoms with Crippen molar-refractivity contribution < 1.29 is 4.79 Å². The molecule has 0 aliphatic carbocycles. The van der Waals surface area contributed by atoms with Gasteiger partial charge in [-0.25, -0.2) is 5.01 Å². The number of hydrogen-bond donors (Lipinski definition) is 0. The zero-order valence-electron chi connectivity index (χ0n) is 15.7. The first-order valence-electron chi connectivity index (χ1n) is 9.95. The molecule has 0 N–H and O–H groups in total. The van der Waals surface area contributed by atoms with Gasteiger partial charge in [0.1, 0.15) is 0 Å². The molecule has 2 aromatic carbocycles. The van der Waals surface area contributed by atoms with Gasteiger partial charge in [-0.1, -0.05) is 60.7 Å². The summed E-state index contributed by atoms with van der Waals surface area (Å²) in [6.07, 6.45) is 6.13. The third-order valence-electron chi connectivity index (χ3n) is 5.70. The van der Waals surface area contributed by atoms with E-state index in [-0.39, 0.29) is 11.9 Å². The minimum atomic E-state index is 0.0503. The highest BCUT2D eigenvalue weighted by atomic mass is 16.2. The van der Waals surface area contributed by atoms with Crippen LogP contribution in [0.3, 0.4) is 0 Å². The van der Waals surface area contributed by atoms with Gasteiger partial charge in [0.05, 0.1) is 12.6 Å². The maximum atomic E-state index is 12.8. The molecule has 1 fully saturated rings. The van der Waals surface area contributed by atoms with Crippen LogP contribution in [0.4, 0.5) is 0 Å². The molecule has 0 spiro atoms. The van der Waals surface area contributed by atoms with Crippen molar-refractivity contribution in [3.8, 4) is 0 Å². The SMILES string of the molecule is O=C(CN1CCC(Cc2ccccc2)CC1)N1N=CCC1c1ccccc1. The summed E-state index contributed by atoms with van der Waals surface area (Å²) in [6.45, 7) is 2.46. The first-order chi connectivity index (χ1) is 13.3. The molecule has 0 bridgehead atoms. The molecule has 0 saturated carbocycles. The van der Waals surface area contributed by atoms with Crippen molar-refractivity contribution in [2.24, 2.45) is 11.0 Å². The Balaban J connectivity index is 1.28. The number of piperidine rings is 1. The predicted octanol–water partition coefficient (Wildman–Crippen LogP) is 3.90. The summed E-state index contributed by atoms with van der Waals surface area (Å²) >= 11 is 0. The molecule has 4 rings (SSSR count). The Morgan fingerprint density at radius 1 is 0.963 bits per heavy atom. The smallest absolute Gasteiger partial charge is 0.257 e. The zero-order valence-corrected chi connectivity index (χ0v) is 15.7. The minimum absolute atomic E-state index is 0.0503. The van der Waals surface area contributed by atoms with E-state index in [0.29, 0.717) is 6.54 Å². The van der Waals surface area contributed by atoms with Crippen molar-refractivity contribution in [3.05, 3.63) is 71.8 Å². The fourth-order valence-corrected chi connectivity index (χ4v) is 4.17. The monoisotopic (exact) mass is 361 g/mol. The molecule has 4 heteroatoms. The fraction of sp³-hybridized carbons (Fsp3) is 0.391. The van der Waals surface area contributed by atoms with Crippen molar-refractivity contribution >= 4 is 12.1 Å². The molecule has 0 aromatic heterocycles. The van der Waals surface area contributed by atoms with E-state index in [2.05, 4.69) is 52.5 Å². The summed E-state index contributed by atoms with van der Waals surface area (Å²) in [7, 11) is 0. The van der Waals surface area contributed by atoms with Gasteiger partial charge in [-0.3, -0.25) is 9.69 Å². The third kappa shape index (κ3) is 4.45. The van der Waals surface area contributed by atoms with Crippen LogP contribution in [0.2, 0.25) is 0 Å². The molecule has 27 heavy (non-hydrogen) atoms. The average molecular weight is 361 g/mol. The molecule has 0 radical (unpaired) electrons. The Bertz CT molecular complexity index is 767. The summed E-state index contributed by atoms with van der Waals surface area (Å²) in [5, 5.41) is 6.05. The van der Waals surface area contributed by atoms with Gasteiger partial charge in [0, 0.05) is 12.6 Å². The van der Waals surface area contributed by atoms with Gasteiger partial charge in [0.15, 0.2) is 0 Å². The lowest BCUT2D eigenvalue weighted by molar-refractivity contribution is -0.134. The van der Waals surface area contributed by atoms with E-state index >= 15 is 0 Å². The van der Waals surface area contributed by atoms with Gasteiger partial charge >= 0.3 is 0 Å². The van der Waals surface area contributed by atoms with Crippen molar-refractivity contribution in [1.29, 1.82) is 0 Å². The van der Waals surface area contributed by atoms with Crippen molar-refractivity contribution in [1.82, 2.24) is 9.91 Å². The highest BCUT2D eigenvalue weighted by Gasteiger charge is 2.30. The molecule has 2 heterocycles. The Morgan fingerprint density at radius 2 is 1.63 bits per heavy atom. The molecule has 2 aliphatic rings. The van der Waals surface area contributed by atoms with Crippen LogP contribution in [0.25, 0.3) is 0 Å². The Hall–Kier alpha value is -2.46. The quantitative estimate of drug-likeness (QED) is 0.810. The Morgan fingerprint density at radius 3 is 2.33 bits per heavy atom. The van der Waals surface area contributed by atoms with Crippen LogP contribution in [0.1, 0.15) is 36.4 Å². The molecule has 1 saturated heterocycles. The number of hydrazone groups is 1. The van der Waals surface area contributed by atoms with Crippen LogP contribution in [0.5, 0.6) is 0 Å². The zero-order chi connectivity index (χ0) is 18.5. The van der Waals surface area contributed by atoms with Crippen LogP contribution in [0, 0.1) is 5.92 Å². The van der Waals surface area contributed by atoms with E-state index in [1.807, 2.05) is 24.4 Å². The van der Waals surface area contributed by atoms with Gasteiger partial charge in [-0.2, -0.15) is 5.10 Å². The van der Waals surface area contributed by atoms with Gasteiger partial charge in [0.25, 0.3) is 5.91 Å². The van der Waals surface area contributed by atoms with E-state index in [0.717, 1.165) is 50.3 Å². The van der Waals surface area contributed by atoms with E-state index in [4.69, 9.17) is 0 Å². The largest absolute Gasteiger partial charge is 0.294 e. The van der Waals surface area contributed by atoms with E-state index in [9.17, 15) is 4.79 Å². The molecular formula is C23H27N3O. The average Bonchev–Trinajstić information content (AvgIpc) is 3.21. The first-order valence-corrected chi connectivity index (χ1v) is 9.95. The maximum absolute atomic E-state index is 12.8. The predicted molar refractivity (Wildman–Crippen MR) is 108 cm³/mol. The van der Waals surface area contributed by atoms with E-state index in [1.54, 1.807) is 5.01 Å². The number of hydrogen-bond acceptors (Lipinski definition) is 3. The van der Waals surface area contributed by atoms with Crippen molar-refractivity contribution in [3.63, 3.8) is 0 Å². The number of nitrogens with zero attached hydrogens (tertiary/aromatic N) is 3. The molecule has 1 unspecified atom stereocenters. The molecule has 140 valence electrons. The Labute approximate surface area is 161 Å². The summed E-state index contributed by atoms with van der Waals surface area (Å²) in [5.74, 6) is 0.833. The van der Waals surface area contributed by atoms with Crippen LogP contribution in [-0.4, -0.2) is 41.7 Å². The number of benzene rings is 2. The number of rotatable bonds is 5.